The number of aliphatic carboxylic acids is 1. The molecule has 1 fully saturated rings. The molecule has 0 aromatic rings. The van der Waals surface area contributed by atoms with Crippen molar-refractivity contribution in [1.29, 1.82) is 0 Å². The summed E-state index contributed by atoms with van der Waals surface area (Å²) < 4.78 is 21.7. The third-order valence-electron chi connectivity index (χ3n) is 6.56. The van der Waals surface area contributed by atoms with Crippen molar-refractivity contribution in [3.63, 3.8) is 0 Å². The number of hydrogen-bond donors (Lipinski definition) is 7. The maximum Gasteiger partial charge on any atom is 0.341 e. The third-order valence-corrected chi connectivity index (χ3v) is 6.56. The van der Waals surface area contributed by atoms with Crippen LogP contribution in [0.1, 0.15) is 0 Å². The Labute approximate surface area is 218 Å². The van der Waals surface area contributed by atoms with Crippen molar-refractivity contribution in [2.24, 2.45) is 11.8 Å². The summed E-state index contributed by atoms with van der Waals surface area (Å²) >= 11 is 0. The second kappa shape index (κ2) is 13.3. The van der Waals surface area contributed by atoms with Gasteiger partial charge in [0.15, 0.2) is 6.29 Å². The summed E-state index contributed by atoms with van der Waals surface area (Å²) in [7, 11) is 1.20. The molecule has 0 radical (unpaired) electrons. The van der Waals surface area contributed by atoms with Gasteiger partial charge in [-0.15, -0.1) is 6.58 Å². The number of carbonyl (C=O) groups is 2. The molecule has 0 spiro atoms. The Morgan fingerprint density at radius 3 is 2.53 bits per heavy atom. The van der Waals surface area contributed by atoms with Crippen LogP contribution >= 0.6 is 0 Å². The van der Waals surface area contributed by atoms with Gasteiger partial charge in [-0.25, -0.2) is 9.59 Å². The average molecular weight is 541 g/mol. The summed E-state index contributed by atoms with van der Waals surface area (Å²) in [6, 6.07) is 0. The second-order valence-electron chi connectivity index (χ2n) is 9.03. The molecule has 3 rings (SSSR count). The van der Waals surface area contributed by atoms with Gasteiger partial charge in [0.05, 0.1) is 38.1 Å². The van der Waals surface area contributed by atoms with Crippen molar-refractivity contribution in [2.45, 2.75) is 37.0 Å². The van der Waals surface area contributed by atoms with Crippen LogP contribution < -0.4 is 4.90 Å². The molecule has 13 heteroatoms. The highest BCUT2D eigenvalue weighted by molar-refractivity contribution is 5.90. The molecular weight excluding hydrogens is 506 g/mol. The summed E-state index contributed by atoms with van der Waals surface area (Å²) in [6.45, 7) is 3.71. The number of quaternary nitrogens is 1. The van der Waals surface area contributed by atoms with Gasteiger partial charge in [-0.3, -0.25) is 0 Å². The minimum absolute atomic E-state index is 0.0548. The molecule has 0 saturated carbocycles. The Bertz CT molecular complexity index is 1000. The van der Waals surface area contributed by atoms with Crippen LogP contribution in [0.3, 0.4) is 0 Å². The normalized spacial score (nSPS) is 35.5. The number of aliphatic hydroxyl groups excluding tert-OH is 5. The van der Waals surface area contributed by atoms with E-state index >= 15 is 0 Å². The summed E-state index contributed by atoms with van der Waals surface area (Å²) in [6.07, 6.45) is 0.141. The number of allylic oxidation sites excluding steroid dienone is 1. The first-order valence-corrected chi connectivity index (χ1v) is 12.0. The molecule has 7 N–H and O–H groups in total. The maximum atomic E-state index is 12.5. The molecule has 38 heavy (non-hydrogen) atoms. The largest absolute Gasteiger partial charge is 0.477 e. The third kappa shape index (κ3) is 6.57. The fraction of sp³-hybridized carbons (Fsp3) is 0.520. The van der Waals surface area contributed by atoms with Crippen LogP contribution in [0, 0.1) is 11.8 Å². The van der Waals surface area contributed by atoms with Gasteiger partial charge in [-0.05, 0) is 6.08 Å². The molecule has 9 atom stereocenters. The number of hydrogen-bond acceptors (Lipinski definition) is 11. The second-order valence-corrected chi connectivity index (χ2v) is 9.03. The lowest BCUT2D eigenvalue weighted by Crippen LogP contribution is -3.08. The lowest BCUT2D eigenvalue weighted by atomic mass is 9.83. The van der Waals surface area contributed by atoms with Crippen LogP contribution in [0.5, 0.6) is 0 Å². The SMILES string of the molecule is C=C[C@H]1[C@H](O[C@@H]2O[C@H](CO)[C@@H](O)[C@H](O)[C@H]2O)OC=C(C(=O)OC)[C@H]1/C=C/C1=CC(C(=O)O)=C[NH+](CCO)C1. The predicted molar refractivity (Wildman–Crippen MR) is 128 cm³/mol. The minimum Gasteiger partial charge on any atom is -0.477 e. The Balaban J connectivity index is 1.88. The van der Waals surface area contributed by atoms with Crippen molar-refractivity contribution < 1.29 is 64.1 Å². The molecule has 0 aliphatic carbocycles. The lowest BCUT2D eigenvalue weighted by Gasteiger charge is -2.42. The van der Waals surface area contributed by atoms with Crippen LogP contribution in [-0.4, -0.2) is 113 Å². The fourth-order valence-electron chi connectivity index (χ4n) is 4.50. The monoisotopic (exact) mass is 540 g/mol. The number of carboxylic acids is 1. The first kappa shape index (κ1) is 29.7. The molecular formula is C25H34NO12+. The molecule has 13 nitrogen and oxygen atoms in total. The van der Waals surface area contributed by atoms with Crippen molar-refractivity contribution >= 4 is 11.9 Å². The van der Waals surface area contributed by atoms with Gasteiger partial charge < -0.3 is 54.5 Å². The predicted octanol–water partition coefficient (Wildman–Crippen LogP) is -3.02. The molecule has 210 valence electrons. The number of esters is 1. The van der Waals surface area contributed by atoms with Crippen molar-refractivity contribution in [3.05, 3.63) is 60.1 Å². The number of nitrogens with one attached hydrogen (secondary N) is 1. The molecule has 1 unspecified atom stereocenters. The highest BCUT2D eigenvalue weighted by Gasteiger charge is 2.47. The van der Waals surface area contributed by atoms with Gasteiger partial charge >= 0.3 is 11.9 Å². The number of methoxy groups -OCH3 is 1. The quantitative estimate of drug-likeness (QED) is 0.110. The van der Waals surface area contributed by atoms with Gasteiger partial charge in [0.2, 0.25) is 6.29 Å². The maximum absolute atomic E-state index is 12.5. The summed E-state index contributed by atoms with van der Waals surface area (Å²) in [4.78, 5) is 24.8. The lowest BCUT2D eigenvalue weighted by molar-refractivity contribution is -0.842. The van der Waals surface area contributed by atoms with E-state index in [4.69, 9.17) is 18.9 Å². The van der Waals surface area contributed by atoms with E-state index in [1.807, 2.05) is 0 Å². The van der Waals surface area contributed by atoms with Gasteiger partial charge in [-0.2, -0.15) is 0 Å². The standard InChI is InChI=1S/C25H33NO12/c1-3-15-16(5-4-13-8-14(22(32)33)10-26(9-13)6-7-27)17(23(34)35-2)12-36-24(15)38-25-21(31)20(30)19(29)18(11-28)37-25/h3-5,8,10,12,15-16,18-21,24-25,27-31H,1,6-7,9,11H2,2H3,(H,32,33)/p+1/b5-4+/t15-,16+,18-,19-,20+,21-,24+,25+/m1/s1. The smallest absolute Gasteiger partial charge is 0.341 e. The molecule has 1 saturated heterocycles. The Morgan fingerprint density at radius 2 is 1.92 bits per heavy atom. The van der Waals surface area contributed by atoms with E-state index in [0.29, 0.717) is 18.7 Å². The van der Waals surface area contributed by atoms with Crippen molar-refractivity contribution in [3.8, 4) is 0 Å². The fourth-order valence-corrected chi connectivity index (χ4v) is 4.50. The number of aliphatic hydroxyl groups is 5. The van der Waals surface area contributed by atoms with Gasteiger partial charge in [0.25, 0.3) is 0 Å². The average Bonchev–Trinajstić information content (AvgIpc) is 2.91. The zero-order valence-electron chi connectivity index (χ0n) is 20.8. The van der Waals surface area contributed by atoms with Gasteiger partial charge in [0.1, 0.15) is 49.3 Å². The number of carboxylic acid groups (broad SMARTS) is 1. The molecule has 3 aliphatic rings. The first-order chi connectivity index (χ1) is 18.1. The molecule has 0 bridgehead atoms. The van der Waals surface area contributed by atoms with Gasteiger partial charge in [-0.1, -0.05) is 18.2 Å². The Hall–Kier alpha value is -2.88. The highest BCUT2D eigenvalue weighted by Crippen LogP contribution is 2.36. The van der Waals surface area contributed by atoms with Crippen LogP contribution in [0.4, 0.5) is 0 Å². The first-order valence-electron chi connectivity index (χ1n) is 12.0. The summed E-state index contributed by atoms with van der Waals surface area (Å²) in [5, 5.41) is 58.6. The molecule has 0 amide bonds. The van der Waals surface area contributed by atoms with E-state index < -0.39 is 67.4 Å². The highest BCUT2D eigenvalue weighted by atomic mass is 16.8. The zero-order chi connectivity index (χ0) is 28.0. The Kier molecular flexibility index (Phi) is 10.4. The summed E-state index contributed by atoms with van der Waals surface area (Å²) in [5.74, 6) is -3.29. The van der Waals surface area contributed by atoms with E-state index in [9.17, 15) is 40.2 Å². The molecule has 3 aliphatic heterocycles. The van der Waals surface area contributed by atoms with E-state index in [-0.39, 0.29) is 17.8 Å². The molecule has 0 aromatic carbocycles. The van der Waals surface area contributed by atoms with E-state index in [1.165, 1.54) is 25.5 Å². The Morgan fingerprint density at radius 1 is 1.18 bits per heavy atom. The minimum atomic E-state index is -1.67. The number of carbonyl (C=O) groups excluding carboxylic acids is 1. The van der Waals surface area contributed by atoms with E-state index in [1.54, 1.807) is 12.2 Å². The van der Waals surface area contributed by atoms with E-state index in [2.05, 4.69) is 6.58 Å². The van der Waals surface area contributed by atoms with Crippen molar-refractivity contribution in [2.75, 3.05) is 33.4 Å². The van der Waals surface area contributed by atoms with Crippen LogP contribution in [0.25, 0.3) is 0 Å². The van der Waals surface area contributed by atoms with Crippen LogP contribution in [0.2, 0.25) is 0 Å². The van der Waals surface area contributed by atoms with Crippen LogP contribution in [0.15, 0.2) is 60.1 Å². The summed E-state index contributed by atoms with van der Waals surface area (Å²) in [5.41, 5.74) is 0.796. The van der Waals surface area contributed by atoms with E-state index in [0.717, 1.165) is 11.2 Å². The van der Waals surface area contributed by atoms with Crippen molar-refractivity contribution in [1.82, 2.24) is 0 Å². The molecule has 0 aromatic heterocycles. The number of rotatable bonds is 10. The van der Waals surface area contributed by atoms with Gasteiger partial charge in [0, 0.05) is 11.5 Å². The topological polar surface area (TPSA) is 197 Å². The van der Waals surface area contributed by atoms with Crippen LogP contribution in [-0.2, 0) is 28.5 Å². The molecule has 3 heterocycles. The number of ether oxygens (including phenoxy) is 4. The zero-order valence-corrected chi connectivity index (χ0v) is 20.8.